The molecule has 1 aromatic carbocycles. The molecule has 9 heteroatoms. The van der Waals surface area contributed by atoms with E-state index >= 15 is 0 Å². The maximum absolute atomic E-state index is 13.2. The SMILES string of the molecule is Cc1noc(C)c1S(=O)(=O)N1CCC(c2c(C(=O)NC(C)C)sc3ccccc23)C1. The maximum Gasteiger partial charge on any atom is 0.261 e. The fraction of sp³-hybridized carbons (Fsp3) is 0.429. The lowest BCUT2D eigenvalue weighted by Gasteiger charge is -2.17. The van der Waals surface area contributed by atoms with E-state index in [0.29, 0.717) is 35.8 Å². The van der Waals surface area contributed by atoms with Gasteiger partial charge in [-0.05, 0) is 51.1 Å². The van der Waals surface area contributed by atoms with E-state index in [2.05, 4.69) is 10.5 Å². The molecule has 0 spiro atoms. The number of hydrogen-bond acceptors (Lipinski definition) is 6. The van der Waals surface area contributed by atoms with Crippen LogP contribution in [0.2, 0.25) is 0 Å². The van der Waals surface area contributed by atoms with Crippen molar-refractivity contribution in [1.29, 1.82) is 0 Å². The summed E-state index contributed by atoms with van der Waals surface area (Å²) in [7, 11) is -3.71. The van der Waals surface area contributed by atoms with Crippen LogP contribution in [-0.4, -0.2) is 42.9 Å². The molecule has 0 radical (unpaired) electrons. The smallest absolute Gasteiger partial charge is 0.261 e. The molecular weight excluding hydrogens is 422 g/mol. The van der Waals surface area contributed by atoms with Crippen LogP contribution < -0.4 is 5.32 Å². The third-order valence-electron chi connectivity index (χ3n) is 5.38. The quantitative estimate of drug-likeness (QED) is 0.642. The largest absolute Gasteiger partial charge is 0.360 e. The maximum atomic E-state index is 13.2. The molecule has 1 unspecified atom stereocenters. The van der Waals surface area contributed by atoms with E-state index in [-0.39, 0.29) is 22.8 Å². The first kappa shape index (κ1) is 21.0. The third-order valence-corrected chi connectivity index (χ3v) is 8.68. The number of hydrogen-bond donors (Lipinski definition) is 1. The van der Waals surface area contributed by atoms with Gasteiger partial charge in [0.1, 0.15) is 10.6 Å². The number of benzene rings is 1. The van der Waals surface area contributed by atoms with Gasteiger partial charge in [-0.3, -0.25) is 4.79 Å². The Kier molecular flexibility index (Phi) is 5.46. The molecule has 1 amide bonds. The van der Waals surface area contributed by atoms with Crippen molar-refractivity contribution in [3.05, 3.63) is 46.2 Å². The summed E-state index contributed by atoms with van der Waals surface area (Å²) in [6.07, 6.45) is 0.658. The molecule has 0 saturated carbocycles. The van der Waals surface area contributed by atoms with Gasteiger partial charge in [0.25, 0.3) is 5.91 Å². The number of carbonyl (C=O) groups is 1. The average molecular weight is 448 g/mol. The van der Waals surface area contributed by atoms with Gasteiger partial charge in [0, 0.05) is 29.7 Å². The number of rotatable bonds is 5. The van der Waals surface area contributed by atoms with Crippen LogP contribution in [0.4, 0.5) is 0 Å². The average Bonchev–Trinajstić information content (AvgIpc) is 3.37. The van der Waals surface area contributed by atoms with Crippen LogP contribution in [0.5, 0.6) is 0 Å². The molecule has 1 atom stereocenters. The van der Waals surface area contributed by atoms with Gasteiger partial charge in [-0.1, -0.05) is 23.4 Å². The molecule has 1 saturated heterocycles. The van der Waals surface area contributed by atoms with Gasteiger partial charge in [0.2, 0.25) is 10.0 Å². The number of nitrogens with zero attached hydrogens (tertiary/aromatic N) is 2. The third kappa shape index (κ3) is 3.55. The zero-order valence-electron chi connectivity index (χ0n) is 17.4. The normalized spacial score (nSPS) is 17.8. The van der Waals surface area contributed by atoms with E-state index < -0.39 is 10.0 Å². The van der Waals surface area contributed by atoms with E-state index in [1.165, 1.54) is 15.6 Å². The van der Waals surface area contributed by atoms with Crippen molar-refractivity contribution in [2.45, 2.75) is 51.0 Å². The van der Waals surface area contributed by atoms with Gasteiger partial charge in [0.05, 0.1) is 4.88 Å². The lowest BCUT2D eigenvalue weighted by Crippen LogP contribution is -2.31. The molecule has 1 aliphatic rings. The minimum Gasteiger partial charge on any atom is -0.360 e. The van der Waals surface area contributed by atoms with Crippen molar-refractivity contribution in [2.75, 3.05) is 13.1 Å². The predicted octanol–water partition coefficient (Wildman–Crippen LogP) is 3.82. The first-order valence-electron chi connectivity index (χ1n) is 9.95. The topological polar surface area (TPSA) is 92.5 Å². The summed E-state index contributed by atoms with van der Waals surface area (Å²) >= 11 is 1.47. The van der Waals surface area contributed by atoms with E-state index in [9.17, 15) is 13.2 Å². The van der Waals surface area contributed by atoms with Crippen molar-refractivity contribution in [3.63, 3.8) is 0 Å². The monoisotopic (exact) mass is 447 g/mol. The number of carbonyl (C=O) groups excluding carboxylic acids is 1. The molecule has 160 valence electrons. The molecule has 1 N–H and O–H groups in total. The van der Waals surface area contributed by atoms with Crippen LogP contribution in [0, 0.1) is 13.8 Å². The Morgan fingerprint density at radius 2 is 2.03 bits per heavy atom. The van der Waals surface area contributed by atoms with Crippen molar-refractivity contribution in [2.24, 2.45) is 0 Å². The van der Waals surface area contributed by atoms with Crippen molar-refractivity contribution in [3.8, 4) is 0 Å². The number of fused-ring (bicyclic) bond motifs is 1. The number of sulfonamides is 1. The Hall–Kier alpha value is -2.23. The standard InChI is InChI=1S/C21H25N3O4S2/c1-12(2)22-21(25)19-18(16-7-5-6-8-17(16)29-19)15-9-10-24(11-15)30(26,27)20-13(3)23-28-14(20)4/h5-8,12,15H,9-11H2,1-4H3,(H,22,25). The van der Waals surface area contributed by atoms with Crippen LogP contribution in [-0.2, 0) is 10.0 Å². The van der Waals surface area contributed by atoms with E-state index in [1.54, 1.807) is 13.8 Å². The van der Waals surface area contributed by atoms with Gasteiger partial charge >= 0.3 is 0 Å². The number of amides is 1. The van der Waals surface area contributed by atoms with E-state index in [1.807, 2.05) is 38.1 Å². The fourth-order valence-corrected chi connectivity index (χ4v) is 7.11. The zero-order chi connectivity index (χ0) is 21.6. The van der Waals surface area contributed by atoms with Gasteiger partial charge < -0.3 is 9.84 Å². The van der Waals surface area contributed by atoms with Gasteiger partial charge in [-0.2, -0.15) is 4.31 Å². The zero-order valence-corrected chi connectivity index (χ0v) is 19.1. The highest BCUT2D eigenvalue weighted by Gasteiger charge is 2.38. The highest BCUT2D eigenvalue weighted by atomic mass is 32.2. The molecule has 1 fully saturated rings. The molecular formula is C21H25N3O4S2. The minimum absolute atomic E-state index is 0.0237. The van der Waals surface area contributed by atoms with Gasteiger partial charge in [-0.15, -0.1) is 11.3 Å². The Morgan fingerprint density at radius 3 is 2.70 bits per heavy atom. The molecule has 0 aliphatic carbocycles. The summed E-state index contributed by atoms with van der Waals surface area (Å²) in [4.78, 5) is 13.7. The molecule has 3 aromatic rings. The van der Waals surface area contributed by atoms with Crippen LogP contribution in [0.3, 0.4) is 0 Å². The number of nitrogens with one attached hydrogen (secondary N) is 1. The molecule has 7 nitrogen and oxygen atoms in total. The summed E-state index contributed by atoms with van der Waals surface area (Å²) in [6.45, 7) is 7.83. The molecule has 4 rings (SSSR count). The summed E-state index contributed by atoms with van der Waals surface area (Å²) < 4.78 is 34.1. The Morgan fingerprint density at radius 1 is 1.30 bits per heavy atom. The summed E-state index contributed by atoms with van der Waals surface area (Å²) in [5.74, 6) is 0.145. The fourth-order valence-electron chi connectivity index (χ4n) is 4.12. The molecule has 3 heterocycles. The van der Waals surface area contributed by atoms with Crippen molar-refractivity contribution in [1.82, 2.24) is 14.8 Å². The van der Waals surface area contributed by atoms with Crippen LogP contribution in [0.1, 0.15) is 52.9 Å². The second-order valence-electron chi connectivity index (χ2n) is 7.97. The lowest BCUT2D eigenvalue weighted by atomic mass is 9.95. The minimum atomic E-state index is -3.71. The summed E-state index contributed by atoms with van der Waals surface area (Å²) in [6, 6.07) is 7.95. The molecule has 30 heavy (non-hydrogen) atoms. The second kappa shape index (κ2) is 7.79. The van der Waals surface area contributed by atoms with E-state index in [4.69, 9.17) is 4.52 Å². The van der Waals surface area contributed by atoms with Crippen LogP contribution in [0.15, 0.2) is 33.7 Å². The predicted molar refractivity (Wildman–Crippen MR) is 117 cm³/mol. The molecule has 1 aliphatic heterocycles. The Bertz CT molecular complexity index is 1190. The number of thiophene rings is 1. The van der Waals surface area contributed by atoms with Crippen LogP contribution >= 0.6 is 11.3 Å². The Labute approximate surface area is 180 Å². The lowest BCUT2D eigenvalue weighted by molar-refractivity contribution is 0.0946. The molecule has 2 aromatic heterocycles. The van der Waals surface area contributed by atoms with Gasteiger partial charge in [0.15, 0.2) is 5.76 Å². The first-order chi connectivity index (χ1) is 14.2. The van der Waals surface area contributed by atoms with E-state index in [0.717, 1.165) is 15.6 Å². The van der Waals surface area contributed by atoms with Crippen molar-refractivity contribution >= 4 is 37.4 Å². The highest BCUT2D eigenvalue weighted by molar-refractivity contribution is 7.89. The number of aryl methyl sites for hydroxylation is 2. The highest BCUT2D eigenvalue weighted by Crippen LogP contribution is 2.41. The first-order valence-corrected chi connectivity index (χ1v) is 12.2. The number of aromatic nitrogens is 1. The van der Waals surface area contributed by atoms with Gasteiger partial charge in [-0.25, -0.2) is 8.42 Å². The summed E-state index contributed by atoms with van der Waals surface area (Å²) in [5.41, 5.74) is 1.32. The molecule has 0 bridgehead atoms. The summed E-state index contributed by atoms with van der Waals surface area (Å²) in [5, 5.41) is 7.80. The second-order valence-corrected chi connectivity index (χ2v) is 10.9. The van der Waals surface area contributed by atoms with Crippen LogP contribution in [0.25, 0.3) is 10.1 Å². The van der Waals surface area contributed by atoms with Crippen molar-refractivity contribution < 1.29 is 17.7 Å². The Balaban J connectivity index is 1.71.